The van der Waals surface area contributed by atoms with E-state index in [4.69, 9.17) is 23.2 Å². The van der Waals surface area contributed by atoms with Crippen LogP contribution in [0.25, 0.3) is 0 Å². The number of aromatic nitrogens is 1. The van der Waals surface area contributed by atoms with E-state index in [1.165, 1.54) is 18.2 Å². The van der Waals surface area contributed by atoms with E-state index >= 15 is 0 Å². The van der Waals surface area contributed by atoms with Crippen LogP contribution in [0.3, 0.4) is 0 Å². The largest absolute Gasteiger partial charge is 0.343 e. The summed E-state index contributed by atoms with van der Waals surface area (Å²) in [6.45, 7) is 2.65. The molecule has 3 aromatic rings. The lowest BCUT2D eigenvalue weighted by Gasteiger charge is -2.37. The Balaban J connectivity index is 1.68. The highest BCUT2D eigenvalue weighted by atomic mass is 35.5. The molecule has 0 fully saturated rings. The van der Waals surface area contributed by atoms with Gasteiger partial charge in [0, 0.05) is 25.5 Å². The molecule has 0 unspecified atom stereocenters. The quantitative estimate of drug-likeness (QED) is 0.451. The number of pyridine rings is 1. The van der Waals surface area contributed by atoms with Crippen molar-refractivity contribution in [1.82, 2.24) is 9.88 Å². The Bertz CT molecular complexity index is 1390. The number of hydrogen-bond acceptors (Lipinski definition) is 5. The van der Waals surface area contributed by atoms with Gasteiger partial charge in [-0.05, 0) is 55.3 Å². The first kappa shape index (κ1) is 25.9. The molecule has 2 aromatic carbocycles. The number of rotatable bonds is 8. The third-order valence-corrected chi connectivity index (χ3v) is 8.76. The van der Waals surface area contributed by atoms with Crippen molar-refractivity contribution < 1.29 is 18.0 Å². The van der Waals surface area contributed by atoms with Crippen LogP contribution in [0.4, 0.5) is 11.4 Å². The van der Waals surface area contributed by atoms with E-state index in [1.807, 2.05) is 19.1 Å². The van der Waals surface area contributed by atoms with Gasteiger partial charge in [0.15, 0.2) is 0 Å². The average Bonchev–Trinajstić information content (AvgIpc) is 2.86. The summed E-state index contributed by atoms with van der Waals surface area (Å²) in [6, 6.07) is 13.2. The van der Waals surface area contributed by atoms with Crippen molar-refractivity contribution >= 4 is 56.4 Å². The van der Waals surface area contributed by atoms with E-state index in [2.05, 4.69) is 10.3 Å². The Hall–Kier alpha value is -3.14. The molecule has 1 aliphatic rings. The molecule has 0 bridgehead atoms. The summed E-state index contributed by atoms with van der Waals surface area (Å²) in [5.41, 5.74) is 1.57. The Labute approximate surface area is 219 Å². The van der Waals surface area contributed by atoms with Gasteiger partial charge in [0.05, 0.1) is 27.8 Å². The van der Waals surface area contributed by atoms with Gasteiger partial charge in [0.1, 0.15) is 10.9 Å². The molecule has 2 heterocycles. The first-order valence-electron chi connectivity index (χ1n) is 11.3. The number of carbonyl (C=O) groups is 2. The molecule has 2 amide bonds. The van der Waals surface area contributed by atoms with E-state index in [0.29, 0.717) is 25.2 Å². The molecule has 1 aliphatic heterocycles. The van der Waals surface area contributed by atoms with Crippen LogP contribution >= 0.6 is 23.2 Å². The summed E-state index contributed by atoms with van der Waals surface area (Å²) >= 11 is 12.4. The lowest BCUT2D eigenvalue weighted by atomic mass is 10.1. The van der Waals surface area contributed by atoms with Crippen molar-refractivity contribution in [1.29, 1.82) is 0 Å². The maximum atomic E-state index is 13.9. The van der Waals surface area contributed by atoms with Crippen molar-refractivity contribution in [2.45, 2.75) is 30.7 Å². The van der Waals surface area contributed by atoms with Crippen molar-refractivity contribution in [3.8, 4) is 0 Å². The molecule has 0 aliphatic carbocycles. The molecule has 8 nitrogen and oxygen atoms in total. The minimum absolute atomic E-state index is 0.0633. The number of carbonyl (C=O) groups excluding carboxylic acids is 2. The van der Waals surface area contributed by atoms with Crippen molar-refractivity contribution in [2.75, 3.05) is 22.7 Å². The van der Waals surface area contributed by atoms with Crippen molar-refractivity contribution in [3.63, 3.8) is 0 Å². The van der Waals surface area contributed by atoms with E-state index in [0.717, 1.165) is 9.87 Å². The molecule has 188 valence electrons. The molecule has 0 spiro atoms. The fourth-order valence-electron chi connectivity index (χ4n) is 4.09. The first-order valence-corrected chi connectivity index (χ1v) is 13.5. The minimum atomic E-state index is -4.37. The second-order valence-corrected chi connectivity index (χ2v) is 10.7. The van der Waals surface area contributed by atoms with Gasteiger partial charge in [-0.15, -0.1) is 0 Å². The minimum Gasteiger partial charge on any atom is -0.343 e. The van der Waals surface area contributed by atoms with Gasteiger partial charge in [0.2, 0.25) is 11.8 Å². The summed E-state index contributed by atoms with van der Waals surface area (Å²) in [4.78, 5) is 31.8. The number of halogens is 2. The maximum absolute atomic E-state index is 13.9. The number of likely N-dealkylation sites (N-methyl/N-ethyl adjacent to an activating group) is 1. The maximum Gasteiger partial charge on any atom is 0.266 e. The molecule has 0 saturated carbocycles. The van der Waals surface area contributed by atoms with Crippen LogP contribution in [0.5, 0.6) is 0 Å². The Kier molecular flexibility index (Phi) is 7.82. The molecular weight excluding hydrogens is 523 g/mol. The smallest absolute Gasteiger partial charge is 0.266 e. The lowest BCUT2D eigenvalue weighted by Crippen LogP contribution is -2.53. The zero-order chi connectivity index (χ0) is 25.9. The predicted octanol–water partition coefficient (Wildman–Crippen LogP) is 4.39. The zero-order valence-corrected chi connectivity index (χ0v) is 21.7. The van der Waals surface area contributed by atoms with Gasteiger partial charge >= 0.3 is 0 Å². The summed E-state index contributed by atoms with van der Waals surface area (Å²) in [7, 11) is -4.37. The summed E-state index contributed by atoms with van der Waals surface area (Å²) in [5.74, 6) is -0.947. The van der Waals surface area contributed by atoms with Gasteiger partial charge in [0.25, 0.3) is 10.0 Å². The van der Waals surface area contributed by atoms with Crippen molar-refractivity contribution in [2.24, 2.45) is 0 Å². The molecule has 0 radical (unpaired) electrons. The monoisotopic (exact) mass is 546 g/mol. The molecular formula is C25H24Cl2N4O4S. The predicted molar refractivity (Wildman–Crippen MR) is 140 cm³/mol. The van der Waals surface area contributed by atoms with E-state index in [9.17, 15) is 18.0 Å². The molecule has 36 heavy (non-hydrogen) atoms. The molecule has 4 rings (SSSR count). The van der Waals surface area contributed by atoms with E-state index in [1.54, 1.807) is 41.6 Å². The summed E-state index contributed by atoms with van der Waals surface area (Å²) in [5, 5.41) is 2.64. The fraction of sp³-hybridized carbons (Fsp3) is 0.240. The van der Waals surface area contributed by atoms with Crippen LogP contribution in [0.2, 0.25) is 10.0 Å². The number of fused-ring (bicyclic) bond motifs is 1. The van der Waals surface area contributed by atoms with Crippen LogP contribution in [-0.2, 0) is 26.0 Å². The standard InChI is InChI=1S/C25H24Cl2N4O4S/c1-2-30(15-12-17-10-13-28-14-11-17)23(32)16-21-25(33)29-19-7-3-4-8-20(19)31(21)36(34,35)22-9-5-6-18(26)24(22)27/h3-11,13-14,21H,2,12,15-16H2,1H3,(H,29,33)/t21-/m1/s1. The van der Waals surface area contributed by atoms with Gasteiger partial charge in [-0.2, -0.15) is 0 Å². The molecule has 1 N–H and O–H groups in total. The summed E-state index contributed by atoms with van der Waals surface area (Å²) in [6.07, 6.45) is 3.62. The van der Waals surface area contributed by atoms with Gasteiger partial charge in [-0.1, -0.05) is 41.4 Å². The number of hydrogen-bond donors (Lipinski definition) is 1. The van der Waals surface area contributed by atoms with Crippen molar-refractivity contribution in [3.05, 3.63) is 82.6 Å². The molecule has 11 heteroatoms. The molecule has 0 saturated heterocycles. The number of sulfonamides is 1. The fourth-order valence-corrected chi connectivity index (χ4v) is 6.46. The number of benzene rings is 2. The van der Waals surface area contributed by atoms with Crippen LogP contribution in [0.15, 0.2) is 71.9 Å². The van der Waals surface area contributed by atoms with Crippen LogP contribution in [0.1, 0.15) is 18.9 Å². The van der Waals surface area contributed by atoms with Crippen LogP contribution in [-0.4, -0.2) is 49.2 Å². The Morgan fingerprint density at radius 1 is 1.08 bits per heavy atom. The normalized spacial score (nSPS) is 15.2. The number of anilines is 2. The van der Waals surface area contributed by atoms with Crippen LogP contribution < -0.4 is 9.62 Å². The average molecular weight is 547 g/mol. The zero-order valence-electron chi connectivity index (χ0n) is 19.4. The first-order chi connectivity index (χ1) is 17.2. The second kappa shape index (κ2) is 10.9. The Morgan fingerprint density at radius 2 is 1.81 bits per heavy atom. The molecule has 1 aromatic heterocycles. The Morgan fingerprint density at radius 3 is 2.53 bits per heavy atom. The van der Waals surface area contributed by atoms with Crippen LogP contribution in [0, 0.1) is 0 Å². The number of para-hydroxylation sites is 2. The third kappa shape index (κ3) is 5.18. The number of amides is 2. The SMILES string of the molecule is CCN(CCc1ccncc1)C(=O)C[C@@H]1C(=O)Nc2ccccc2N1S(=O)(=O)c1cccc(Cl)c1Cl. The number of nitrogens with zero attached hydrogens (tertiary/aromatic N) is 3. The highest BCUT2D eigenvalue weighted by Crippen LogP contribution is 2.40. The van der Waals surface area contributed by atoms with Gasteiger partial charge in [-0.3, -0.25) is 18.9 Å². The van der Waals surface area contributed by atoms with E-state index < -0.39 is 22.0 Å². The van der Waals surface area contributed by atoms with Gasteiger partial charge in [-0.25, -0.2) is 8.42 Å². The lowest BCUT2D eigenvalue weighted by molar-refractivity contribution is -0.133. The van der Waals surface area contributed by atoms with Gasteiger partial charge < -0.3 is 10.2 Å². The topological polar surface area (TPSA) is 99.7 Å². The highest BCUT2D eigenvalue weighted by molar-refractivity contribution is 7.93. The van der Waals surface area contributed by atoms with E-state index in [-0.39, 0.29) is 33.0 Å². The highest BCUT2D eigenvalue weighted by Gasteiger charge is 2.43. The molecule has 1 atom stereocenters. The third-order valence-electron chi connectivity index (χ3n) is 5.96. The number of nitrogens with one attached hydrogen (secondary N) is 1. The summed E-state index contributed by atoms with van der Waals surface area (Å²) < 4.78 is 28.7. The second-order valence-electron chi connectivity index (χ2n) is 8.16.